The van der Waals surface area contributed by atoms with Gasteiger partial charge in [-0.15, -0.1) is 0 Å². The van der Waals surface area contributed by atoms with Gasteiger partial charge in [0.25, 0.3) is 0 Å². The van der Waals surface area contributed by atoms with Crippen molar-refractivity contribution in [2.45, 2.75) is 13.0 Å². The smallest absolute Gasteiger partial charge is 0.198 e. The summed E-state index contributed by atoms with van der Waals surface area (Å²) in [5, 5.41) is 3.41. The van der Waals surface area contributed by atoms with Gasteiger partial charge in [0.1, 0.15) is 6.33 Å². The molecule has 1 aromatic rings. The number of anilines is 1. The van der Waals surface area contributed by atoms with Gasteiger partial charge in [0.2, 0.25) is 0 Å². The first kappa shape index (κ1) is 12.0. The van der Waals surface area contributed by atoms with E-state index in [1.54, 1.807) is 7.11 Å². The van der Waals surface area contributed by atoms with Crippen LogP contribution < -0.4 is 10.1 Å². The van der Waals surface area contributed by atoms with Crippen LogP contribution in [-0.2, 0) is 4.74 Å². The molecule has 1 heterocycles. The Morgan fingerprint density at radius 2 is 2.20 bits per heavy atom. The fourth-order valence-electron chi connectivity index (χ4n) is 1.16. The number of nitrogens with one attached hydrogen (secondary N) is 1. The zero-order valence-corrected chi connectivity index (χ0v) is 9.71. The molecule has 1 atom stereocenters. The maximum Gasteiger partial charge on any atom is 0.198 e. The lowest BCUT2D eigenvalue weighted by Crippen LogP contribution is -2.22. The third-order valence-electron chi connectivity index (χ3n) is 1.76. The van der Waals surface area contributed by atoms with Crippen molar-refractivity contribution < 1.29 is 9.47 Å². The van der Waals surface area contributed by atoms with E-state index in [2.05, 4.69) is 15.3 Å². The van der Waals surface area contributed by atoms with Crippen LogP contribution in [0.4, 0.5) is 5.82 Å². The van der Waals surface area contributed by atoms with E-state index in [0.717, 1.165) is 0 Å². The number of methoxy groups -OCH3 is 2. The molecule has 1 aromatic heterocycles. The summed E-state index contributed by atoms with van der Waals surface area (Å²) in [5.41, 5.74) is 0. The molecule has 5 nitrogen and oxygen atoms in total. The molecule has 0 spiro atoms. The van der Waals surface area contributed by atoms with Crippen molar-refractivity contribution in [3.8, 4) is 5.75 Å². The number of hydrogen-bond acceptors (Lipinski definition) is 5. The van der Waals surface area contributed by atoms with Crippen molar-refractivity contribution in [2.24, 2.45) is 0 Å². The highest BCUT2D eigenvalue weighted by atomic mass is 35.5. The van der Waals surface area contributed by atoms with Crippen molar-refractivity contribution in [3.05, 3.63) is 11.5 Å². The number of rotatable bonds is 5. The van der Waals surface area contributed by atoms with Gasteiger partial charge < -0.3 is 14.8 Å². The summed E-state index contributed by atoms with van der Waals surface area (Å²) in [5.74, 6) is 1.02. The number of ether oxygens (including phenoxy) is 2. The Labute approximate surface area is 93.8 Å². The first-order chi connectivity index (χ1) is 7.19. The molecule has 0 aliphatic heterocycles. The second-order valence-corrected chi connectivity index (χ2v) is 3.41. The molecule has 0 amide bonds. The Morgan fingerprint density at radius 3 is 2.80 bits per heavy atom. The molecule has 1 N–H and O–H groups in total. The van der Waals surface area contributed by atoms with E-state index in [1.165, 1.54) is 13.4 Å². The molecular formula is C9H14ClN3O2. The average molecular weight is 232 g/mol. The average Bonchev–Trinajstić information content (AvgIpc) is 2.18. The lowest BCUT2D eigenvalue weighted by molar-refractivity contribution is 0.190. The molecule has 1 unspecified atom stereocenters. The SMILES string of the molecule is COCC(C)Nc1ncnc(Cl)c1OC. The van der Waals surface area contributed by atoms with E-state index in [0.29, 0.717) is 23.3 Å². The van der Waals surface area contributed by atoms with Gasteiger partial charge >= 0.3 is 0 Å². The van der Waals surface area contributed by atoms with E-state index >= 15 is 0 Å². The van der Waals surface area contributed by atoms with Gasteiger partial charge in [-0.2, -0.15) is 0 Å². The van der Waals surface area contributed by atoms with Crippen molar-refractivity contribution in [1.29, 1.82) is 0 Å². The zero-order valence-electron chi connectivity index (χ0n) is 8.95. The van der Waals surface area contributed by atoms with Gasteiger partial charge in [-0.3, -0.25) is 0 Å². The van der Waals surface area contributed by atoms with Gasteiger partial charge in [0, 0.05) is 13.2 Å². The van der Waals surface area contributed by atoms with Crippen LogP contribution >= 0.6 is 11.6 Å². The molecule has 0 aromatic carbocycles. The standard InChI is InChI=1S/C9H14ClN3O2/c1-6(4-14-2)13-9-7(15-3)8(10)11-5-12-9/h5-6H,4H2,1-3H3,(H,11,12,13). The second kappa shape index (κ2) is 5.72. The quantitative estimate of drug-likeness (QED) is 0.780. The monoisotopic (exact) mass is 231 g/mol. The maximum atomic E-state index is 5.84. The van der Waals surface area contributed by atoms with Crippen LogP contribution in [0.1, 0.15) is 6.92 Å². The lowest BCUT2D eigenvalue weighted by Gasteiger charge is -2.15. The molecule has 0 fully saturated rings. The highest BCUT2D eigenvalue weighted by molar-refractivity contribution is 6.31. The summed E-state index contributed by atoms with van der Waals surface area (Å²) in [6.07, 6.45) is 1.38. The molecule has 0 saturated heterocycles. The molecule has 1 rings (SSSR count). The van der Waals surface area contributed by atoms with E-state index in [9.17, 15) is 0 Å². The Hall–Kier alpha value is -1.07. The Morgan fingerprint density at radius 1 is 1.47 bits per heavy atom. The molecule has 0 aliphatic carbocycles. The van der Waals surface area contributed by atoms with Gasteiger partial charge in [-0.1, -0.05) is 11.6 Å². The lowest BCUT2D eigenvalue weighted by atomic mass is 10.3. The first-order valence-electron chi connectivity index (χ1n) is 4.49. The Kier molecular flexibility index (Phi) is 4.58. The summed E-state index contributed by atoms with van der Waals surface area (Å²) in [6, 6.07) is 0.120. The minimum absolute atomic E-state index is 0.120. The van der Waals surface area contributed by atoms with Crippen LogP contribution in [-0.4, -0.2) is 36.8 Å². The van der Waals surface area contributed by atoms with Crippen LogP contribution in [0.15, 0.2) is 6.33 Å². The Balaban J connectivity index is 2.80. The second-order valence-electron chi connectivity index (χ2n) is 3.05. The van der Waals surface area contributed by atoms with E-state index in [4.69, 9.17) is 21.1 Å². The summed E-state index contributed by atoms with van der Waals surface area (Å²) < 4.78 is 10.1. The molecular weight excluding hydrogens is 218 g/mol. The summed E-state index contributed by atoms with van der Waals surface area (Å²) in [6.45, 7) is 2.55. The van der Waals surface area contributed by atoms with Crippen LogP contribution in [0.25, 0.3) is 0 Å². The minimum Gasteiger partial charge on any atom is -0.490 e. The molecule has 84 valence electrons. The summed E-state index contributed by atoms with van der Waals surface area (Å²) >= 11 is 5.84. The fourth-order valence-corrected chi connectivity index (χ4v) is 1.37. The third kappa shape index (κ3) is 3.21. The largest absolute Gasteiger partial charge is 0.490 e. The van der Waals surface area contributed by atoms with Crippen LogP contribution in [0, 0.1) is 0 Å². The summed E-state index contributed by atoms with van der Waals surface area (Å²) in [4.78, 5) is 7.87. The number of halogens is 1. The van der Waals surface area contributed by atoms with Crippen molar-refractivity contribution >= 4 is 17.4 Å². The van der Waals surface area contributed by atoms with Gasteiger partial charge in [0.05, 0.1) is 13.7 Å². The van der Waals surface area contributed by atoms with Crippen LogP contribution in [0.2, 0.25) is 5.15 Å². The predicted octanol–water partition coefficient (Wildman–Crippen LogP) is 1.59. The minimum atomic E-state index is 0.120. The molecule has 0 aliphatic rings. The summed E-state index contributed by atoms with van der Waals surface area (Å²) in [7, 11) is 3.17. The van der Waals surface area contributed by atoms with Crippen LogP contribution in [0.3, 0.4) is 0 Å². The first-order valence-corrected chi connectivity index (χ1v) is 4.86. The number of hydrogen-bond donors (Lipinski definition) is 1. The Bertz CT molecular complexity index is 322. The fraction of sp³-hybridized carbons (Fsp3) is 0.556. The predicted molar refractivity (Wildman–Crippen MR) is 58.6 cm³/mol. The molecule has 0 bridgehead atoms. The van der Waals surface area contributed by atoms with Gasteiger partial charge in [0.15, 0.2) is 16.7 Å². The van der Waals surface area contributed by atoms with Crippen molar-refractivity contribution in [1.82, 2.24) is 9.97 Å². The van der Waals surface area contributed by atoms with Gasteiger partial charge in [-0.25, -0.2) is 9.97 Å². The normalized spacial score (nSPS) is 12.3. The highest BCUT2D eigenvalue weighted by Crippen LogP contribution is 2.28. The molecule has 15 heavy (non-hydrogen) atoms. The number of aromatic nitrogens is 2. The van der Waals surface area contributed by atoms with Crippen molar-refractivity contribution in [2.75, 3.05) is 26.1 Å². The molecule has 0 saturated carbocycles. The highest BCUT2D eigenvalue weighted by Gasteiger charge is 2.12. The topological polar surface area (TPSA) is 56.3 Å². The van der Waals surface area contributed by atoms with Crippen molar-refractivity contribution in [3.63, 3.8) is 0 Å². The maximum absolute atomic E-state index is 5.84. The third-order valence-corrected chi connectivity index (χ3v) is 2.03. The molecule has 0 radical (unpaired) electrons. The van der Waals surface area contributed by atoms with Crippen LogP contribution in [0.5, 0.6) is 5.75 Å². The van der Waals surface area contributed by atoms with E-state index in [-0.39, 0.29) is 6.04 Å². The number of nitrogens with zero attached hydrogens (tertiary/aromatic N) is 2. The zero-order chi connectivity index (χ0) is 11.3. The van der Waals surface area contributed by atoms with E-state index in [1.807, 2.05) is 6.92 Å². The van der Waals surface area contributed by atoms with E-state index < -0.39 is 0 Å². The molecule has 6 heteroatoms. The van der Waals surface area contributed by atoms with Gasteiger partial charge in [-0.05, 0) is 6.92 Å².